The van der Waals surface area contributed by atoms with Gasteiger partial charge in [-0.05, 0) is 36.2 Å². The molecule has 1 aromatic heterocycles. The maximum atomic E-state index is 13.7. The van der Waals surface area contributed by atoms with E-state index in [0.29, 0.717) is 17.7 Å². The summed E-state index contributed by atoms with van der Waals surface area (Å²) < 4.78 is 18.9. The quantitative estimate of drug-likeness (QED) is 0.809. The van der Waals surface area contributed by atoms with E-state index in [0.717, 1.165) is 11.3 Å². The van der Waals surface area contributed by atoms with E-state index in [1.807, 2.05) is 19.1 Å². The topological polar surface area (TPSA) is 22.1 Å². The summed E-state index contributed by atoms with van der Waals surface area (Å²) in [5, 5.41) is 0. The molecule has 0 fully saturated rings. The van der Waals surface area contributed by atoms with Crippen LogP contribution in [0, 0.1) is 12.7 Å². The molecule has 0 N–H and O–H groups in total. The van der Waals surface area contributed by atoms with E-state index in [1.165, 1.54) is 6.07 Å². The Bertz CT molecular complexity index is 525. The van der Waals surface area contributed by atoms with Gasteiger partial charge in [0.2, 0.25) is 0 Å². The second kappa shape index (κ2) is 4.95. The van der Waals surface area contributed by atoms with Crippen LogP contribution in [-0.4, -0.2) is 12.1 Å². The first kappa shape index (κ1) is 11.6. The van der Waals surface area contributed by atoms with Crippen LogP contribution in [0.4, 0.5) is 4.39 Å². The van der Waals surface area contributed by atoms with E-state index >= 15 is 0 Å². The third-order valence-electron chi connectivity index (χ3n) is 2.63. The monoisotopic (exact) mass is 231 g/mol. The number of halogens is 1. The molecule has 2 rings (SSSR count). The molecular weight excluding hydrogens is 217 g/mol. The lowest BCUT2D eigenvalue weighted by molar-refractivity contribution is 0.407. The molecule has 88 valence electrons. The second-order valence-electron chi connectivity index (χ2n) is 3.92. The smallest absolute Gasteiger partial charge is 0.140 e. The van der Waals surface area contributed by atoms with Crippen LogP contribution in [0.25, 0.3) is 0 Å². The fourth-order valence-electron chi connectivity index (χ4n) is 1.72. The number of aryl methyl sites for hydroxylation is 1. The average molecular weight is 231 g/mol. The molecule has 0 unspecified atom stereocenters. The van der Waals surface area contributed by atoms with Gasteiger partial charge in [0, 0.05) is 12.6 Å². The Kier molecular flexibility index (Phi) is 3.38. The summed E-state index contributed by atoms with van der Waals surface area (Å²) in [7, 11) is 1.59. The van der Waals surface area contributed by atoms with Crippen LogP contribution in [0.5, 0.6) is 5.75 Å². The van der Waals surface area contributed by atoms with Gasteiger partial charge in [-0.15, -0.1) is 0 Å². The number of hydrogen-bond donors (Lipinski definition) is 0. The summed E-state index contributed by atoms with van der Waals surface area (Å²) in [6.45, 7) is 1.87. The summed E-state index contributed by atoms with van der Waals surface area (Å²) >= 11 is 0. The molecule has 0 aliphatic rings. The number of methoxy groups -OCH3 is 1. The number of ether oxygens (including phenoxy) is 1. The van der Waals surface area contributed by atoms with Gasteiger partial charge in [-0.3, -0.25) is 4.98 Å². The number of nitrogens with zero attached hydrogens (tertiary/aromatic N) is 1. The third-order valence-corrected chi connectivity index (χ3v) is 2.63. The number of benzene rings is 1. The van der Waals surface area contributed by atoms with Crippen LogP contribution in [0.1, 0.15) is 16.8 Å². The standard InChI is InChI=1S/C14H14FNO/c1-10-5-6-11(12(15)8-10)9-13-14(17-2)4-3-7-16-13/h3-8H,9H2,1-2H3. The Morgan fingerprint density at radius 1 is 1.29 bits per heavy atom. The highest BCUT2D eigenvalue weighted by Crippen LogP contribution is 2.20. The first-order valence-electron chi connectivity index (χ1n) is 5.43. The molecule has 0 atom stereocenters. The van der Waals surface area contributed by atoms with Crippen molar-refractivity contribution in [2.24, 2.45) is 0 Å². The molecule has 17 heavy (non-hydrogen) atoms. The van der Waals surface area contributed by atoms with Crippen molar-refractivity contribution in [3.05, 3.63) is 59.2 Å². The summed E-state index contributed by atoms with van der Waals surface area (Å²) in [5.74, 6) is 0.491. The minimum Gasteiger partial charge on any atom is -0.495 e. The predicted molar refractivity (Wildman–Crippen MR) is 64.7 cm³/mol. The highest BCUT2D eigenvalue weighted by molar-refractivity contribution is 5.33. The SMILES string of the molecule is COc1cccnc1Cc1ccc(C)cc1F. The molecule has 0 amide bonds. The van der Waals surface area contributed by atoms with Gasteiger partial charge < -0.3 is 4.74 Å². The Morgan fingerprint density at radius 3 is 2.82 bits per heavy atom. The Morgan fingerprint density at radius 2 is 2.12 bits per heavy atom. The van der Waals surface area contributed by atoms with Gasteiger partial charge in [0.25, 0.3) is 0 Å². The first-order valence-corrected chi connectivity index (χ1v) is 5.43. The molecule has 0 saturated carbocycles. The van der Waals surface area contributed by atoms with Crippen molar-refractivity contribution in [1.29, 1.82) is 0 Å². The Hall–Kier alpha value is -1.90. The number of rotatable bonds is 3. The van der Waals surface area contributed by atoms with Crippen LogP contribution < -0.4 is 4.74 Å². The van der Waals surface area contributed by atoms with Crippen molar-refractivity contribution in [1.82, 2.24) is 4.98 Å². The zero-order valence-corrected chi connectivity index (χ0v) is 9.90. The normalized spacial score (nSPS) is 10.3. The fourth-order valence-corrected chi connectivity index (χ4v) is 1.72. The molecule has 0 aliphatic carbocycles. The molecule has 0 radical (unpaired) electrons. The Labute approximate surface area is 100 Å². The zero-order valence-electron chi connectivity index (χ0n) is 9.90. The van der Waals surface area contributed by atoms with Crippen LogP contribution in [0.2, 0.25) is 0 Å². The number of pyridine rings is 1. The molecule has 0 aliphatic heterocycles. The average Bonchev–Trinajstić information content (AvgIpc) is 2.33. The van der Waals surface area contributed by atoms with E-state index in [1.54, 1.807) is 25.4 Å². The number of aromatic nitrogens is 1. The second-order valence-corrected chi connectivity index (χ2v) is 3.92. The van der Waals surface area contributed by atoms with Crippen LogP contribution in [0.15, 0.2) is 36.5 Å². The van der Waals surface area contributed by atoms with Gasteiger partial charge in [0.15, 0.2) is 0 Å². The number of hydrogen-bond acceptors (Lipinski definition) is 2. The van der Waals surface area contributed by atoms with Crippen molar-refractivity contribution >= 4 is 0 Å². The molecule has 3 heteroatoms. The van der Waals surface area contributed by atoms with Gasteiger partial charge in [-0.25, -0.2) is 4.39 Å². The molecular formula is C14H14FNO. The van der Waals surface area contributed by atoms with Crippen molar-refractivity contribution in [3.63, 3.8) is 0 Å². The lowest BCUT2D eigenvalue weighted by Gasteiger charge is -2.08. The summed E-state index contributed by atoms with van der Waals surface area (Å²) in [5.41, 5.74) is 2.30. The maximum Gasteiger partial charge on any atom is 0.140 e. The summed E-state index contributed by atoms with van der Waals surface area (Å²) in [4.78, 5) is 4.22. The van der Waals surface area contributed by atoms with Gasteiger partial charge in [-0.2, -0.15) is 0 Å². The third kappa shape index (κ3) is 2.61. The highest BCUT2D eigenvalue weighted by atomic mass is 19.1. The predicted octanol–water partition coefficient (Wildman–Crippen LogP) is 3.13. The van der Waals surface area contributed by atoms with Crippen molar-refractivity contribution in [3.8, 4) is 5.75 Å². The van der Waals surface area contributed by atoms with Gasteiger partial charge in [-0.1, -0.05) is 12.1 Å². The highest BCUT2D eigenvalue weighted by Gasteiger charge is 2.08. The minimum atomic E-state index is -0.197. The molecule has 1 heterocycles. The lowest BCUT2D eigenvalue weighted by atomic mass is 10.1. The van der Waals surface area contributed by atoms with E-state index in [4.69, 9.17) is 4.74 Å². The zero-order chi connectivity index (χ0) is 12.3. The molecule has 2 nitrogen and oxygen atoms in total. The summed E-state index contributed by atoms with van der Waals surface area (Å²) in [6, 6.07) is 8.85. The molecule has 1 aromatic carbocycles. The fraction of sp³-hybridized carbons (Fsp3) is 0.214. The maximum absolute atomic E-state index is 13.7. The van der Waals surface area contributed by atoms with Gasteiger partial charge in [0.05, 0.1) is 12.8 Å². The summed E-state index contributed by atoms with van der Waals surface area (Å²) in [6.07, 6.45) is 2.13. The first-order chi connectivity index (χ1) is 8.20. The van der Waals surface area contributed by atoms with Crippen LogP contribution >= 0.6 is 0 Å². The van der Waals surface area contributed by atoms with Crippen molar-refractivity contribution < 1.29 is 9.13 Å². The van der Waals surface area contributed by atoms with Crippen molar-refractivity contribution in [2.75, 3.05) is 7.11 Å². The van der Waals surface area contributed by atoms with Crippen molar-refractivity contribution in [2.45, 2.75) is 13.3 Å². The van der Waals surface area contributed by atoms with Gasteiger partial charge in [0.1, 0.15) is 11.6 Å². The molecule has 0 saturated heterocycles. The van der Waals surface area contributed by atoms with E-state index in [2.05, 4.69) is 4.98 Å². The molecule has 2 aromatic rings. The lowest BCUT2D eigenvalue weighted by Crippen LogP contribution is -1.99. The minimum absolute atomic E-state index is 0.197. The van der Waals surface area contributed by atoms with E-state index < -0.39 is 0 Å². The van der Waals surface area contributed by atoms with Crippen LogP contribution in [0.3, 0.4) is 0 Å². The largest absolute Gasteiger partial charge is 0.495 e. The van der Waals surface area contributed by atoms with Gasteiger partial charge >= 0.3 is 0 Å². The molecule has 0 bridgehead atoms. The Balaban J connectivity index is 2.31. The van der Waals surface area contributed by atoms with Crippen LogP contribution in [-0.2, 0) is 6.42 Å². The van der Waals surface area contributed by atoms with E-state index in [9.17, 15) is 4.39 Å². The molecule has 0 spiro atoms. The van der Waals surface area contributed by atoms with E-state index in [-0.39, 0.29) is 5.82 Å².